The molecular formula is C13H19NO3. The molecule has 4 nitrogen and oxygen atoms in total. The van der Waals surface area contributed by atoms with Crippen LogP contribution in [0.3, 0.4) is 0 Å². The van der Waals surface area contributed by atoms with Gasteiger partial charge in [-0.05, 0) is 25.3 Å². The van der Waals surface area contributed by atoms with Crippen molar-refractivity contribution in [2.24, 2.45) is 7.05 Å². The van der Waals surface area contributed by atoms with Crippen LogP contribution in [0.2, 0.25) is 0 Å². The van der Waals surface area contributed by atoms with Crippen molar-refractivity contribution in [2.75, 3.05) is 0 Å². The van der Waals surface area contributed by atoms with Crippen LogP contribution in [-0.2, 0) is 31.1 Å². The Morgan fingerprint density at radius 2 is 1.76 bits per heavy atom. The molecule has 0 aliphatic carbocycles. The molecule has 0 atom stereocenters. The van der Waals surface area contributed by atoms with Gasteiger partial charge in [-0.3, -0.25) is 9.59 Å². The summed E-state index contributed by atoms with van der Waals surface area (Å²) >= 11 is 0. The molecule has 1 rings (SSSR count). The minimum absolute atomic E-state index is 0.0194. The lowest BCUT2D eigenvalue weighted by molar-refractivity contribution is -0.136. The lowest BCUT2D eigenvalue weighted by Crippen LogP contribution is -2.08. The summed E-state index contributed by atoms with van der Waals surface area (Å²) in [5.41, 5.74) is 3.29. The predicted molar refractivity (Wildman–Crippen MR) is 65.5 cm³/mol. The largest absolute Gasteiger partial charge is 0.481 e. The molecule has 4 heteroatoms. The number of Topliss-reactive ketones (excluding diaryl/α,β-unsaturated/α-hetero) is 1. The van der Waals surface area contributed by atoms with Crippen LogP contribution >= 0.6 is 0 Å². The summed E-state index contributed by atoms with van der Waals surface area (Å²) in [5, 5.41) is 8.92. The fraction of sp³-hybridized carbons (Fsp3) is 0.538. The maximum atomic E-state index is 11.7. The highest BCUT2D eigenvalue weighted by molar-refractivity contribution is 5.97. The van der Waals surface area contributed by atoms with E-state index >= 15 is 0 Å². The first kappa shape index (κ1) is 13.5. The molecule has 17 heavy (non-hydrogen) atoms. The Morgan fingerprint density at radius 3 is 2.12 bits per heavy atom. The smallest absolute Gasteiger partial charge is 0.309 e. The van der Waals surface area contributed by atoms with Crippen LogP contribution in [-0.4, -0.2) is 21.4 Å². The quantitative estimate of drug-likeness (QED) is 0.796. The van der Waals surface area contributed by atoms with Crippen molar-refractivity contribution in [2.45, 2.75) is 40.0 Å². The van der Waals surface area contributed by atoms with Gasteiger partial charge in [-0.1, -0.05) is 13.8 Å². The van der Waals surface area contributed by atoms with Gasteiger partial charge in [0.15, 0.2) is 5.78 Å². The van der Waals surface area contributed by atoms with Crippen molar-refractivity contribution < 1.29 is 14.7 Å². The first-order chi connectivity index (χ1) is 7.93. The highest BCUT2D eigenvalue weighted by atomic mass is 16.4. The highest BCUT2D eigenvalue weighted by Crippen LogP contribution is 2.24. The number of hydrogen-bond donors (Lipinski definition) is 1. The number of carbonyl (C=O) groups is 2. The number of hydrogen-bond acceptors (Lipinski definition) is 2. The fourth-order valence-corrected chi connectivity index (χ4v) is 2.43. The third kappa shape index (κ3) is 2.40. The normalized spacial score (nSPS) is 10.6. The molecule has 1 N–H and O–H groups in total. The molecule has 0 fully saturated rings. The van der Waals surface area contributed by atoms with E-state index in [2.05, 4.69) is 0 Å². The summed E-state index contributed by atoms with van der Waals surface area (Å²) in [4.78, 5) is 22.6. The van der Waals surface area contributed by atoms with Gasteiger partial charge in [0, 0.05) is 24.0 Å². The third-order valence-corrected chi connectivity index (χ3v) is 3.11. The Labute approximate surface area is 101 Å². The summed E-state index contributed by atoms with van der Waals surface area (Å²) in [5.74, 6) is -0.844. The van der Waals surface area contributed by atoms with E-state index in [1.165, 1.54) is 6.92 Å². The van der Waals surface area contributed by atoms with E-state index in [0.29, 0.717) is 12.0 Å². The SMILES string of the molecule is CCc1c(C(C)=O)c(CC)n(C)c1CC(=O)O. The van der Waals surface area contributed by atoms with Crippen molar-refractivity contribution in [3.8, 4) is 0 Å². The second kappa shape index (κ2) is 5.17. The average molecular weight is 237 g/mol. The molecule has 0 unspecified atom stereocenters. The van der Waals surface area contributed by atoms with Gasteiger partial charge in [-0.15, -0.1) is 0 Å². The van der Waals surface area contributed by atoms with E-state index in [4.69, 9.17) is 5.11 Å². The maximum Gasteiger partial charge on any atom is 0.309 e. The van der Waals surface area contributed by atoms with Crippen LogP contribution in [0, 0.1) is 0 Å². The molecule has 1 aromatic heterocycles. The van der Waals surface area contributed by atoms with Gasteiger partial charge in [0.25, 0.3) is 0 Å². The zero-order valence-corrected chi connectivity index (χ0v) is 10.8. The van der Waals surface area contributed by atoms with E-state index in [0.717, 1.165) is 23.4 Å². The number of ketones is 1. The number of carbonyl (C=O) groups excluding carboxylic acids is 1. The van der Waals surface area contributed by atoms with Gasteiger partial charge in [-0.25, -0.2) is 0 Å². The monoisotopic (exact) mass is 237 g/mol. The first-order valence-electron chi connectivity index (χ1n) is 5.85. The number of carboxylic acids is 1. The van der Waals surface area contributed by atoms with Gasteiger partial charge in [0.05, 0.1) is 6.42 Å². The van der Waals surface area contributed by atoms with Crippen molar-refractivity contribution in [1.82, 2.24) is 4.57 Å². The highest BCUT2D eigenvalue weighted by Gasteiger charge is 2.22. The minimum Gasteiger partial charge on any atom is -0.481 e. The van der Waals surface area contributed by atoms with Gasteiger partial charge in [0.1, 0.15) is 0 Å². The molecule has 0 saturated heterocycles. The summed E-state index contributed by atoms with van der Waals surface area (Å²) in [7, 11) is 1.84. The number of carboxylic acid groups (broad SMARTS) is 1. The standard InChI is InChI=1S/C13H19NO3/c1-5-9-11(7-12(16)17)14(4)10(6-2)13(9)8(3)15/h5-7H2,1-4H3,(H,16,17). The zero-order chi connectivity index (χ0) is 13.2. The lowest BCUT2D eigenvalue weighted by atomic mass is 10.0. The molecule has 1 heterocycles. The molecule has 0 aliphatic rings. The van der Waals surface area contributed by atoms with E-state index in [1.807, 2.05) is 25.5 Å². The van der Waals surface area contributed by atoms with Crippen LogP contribution in [0.1, 0.15) is 48.1 Å². The summed E-state index contributed by atoms with van der Waals surface area (Å²) < 4.78 is 1.86. The Bertz CT molecular complexity index is 458. The maximum absolute atomic E-state index is 11.7. The first-order valence-corrected chi connectivity index (χ1v) is 5.85. The second-order valence-corrected chi connectivity index (χ2v) is 4.14. The Hall–Kier alpha value is -1.58. The van der Waals surface area contributed by atoms with Crippen molar-refractivity contribution in [1.29, 1.82) is 0 Å². The fourth-order valence-electron chi connectivity index (χ4n) is 2.43. The summed E-state index contributed by atoms with van der Waals surface area (Å²) in [6.45, 7) is 5.47. The number of aromatic nitrogens is 1. The van der Waals surface area contributed by atoms with Crippen LogP contribution in [0.15, 0.2) is 0 Å². The van der Waals surface area contributed by atoms with Crippen LogP contribution in [0.5, 0.6) is 0 Å². The Kier molecular flexibility index (Phi) is 4.10. The van der Waals surface area contributed by atoms with E-state index in [1.54, 1.807) is 0 Å². The minimum atomic E-state index is -0.863. The van der Waals surface area contributed by atoms with Crippen LogP contribution in [0.25, 0.3) is 0 Å². The van der Waals surface area contributed by atoms with Crippen LogP contribution < -0.4 is 0 Å². The number of rotatable bonds is 5. The van der Waals surface area contributed by atoms with Gasteiger partial charge in [0.2, 0.25) is 0 Å². The van der Waals surface area contributed by atoms with Crippen molar-refractivity contribution in [3.63, 3.8) is 0 Å². The molecule has 1 aromatic rings. The predicted octanol–water partition coefficient (Wildman–Crippen LogP) is 1.98. The van der Waals surface area contributed by atoms with Crippen LogP contribution in [0.4, 0.5) is 0 Å². The average Bonchev–Trinajstić information content (AvgIpc) is 2.51. The van der Waals surface area contributed by atoms with Crippen molar-refractivity contribution in [3.05, 3.63) is 22.5 Å². The Morgan fingerprint density at radius 1 is 1.18 bits per heavy atom. The molecule has 94 valence electrons. The topological polar surface area (TPSA) is 59.3 Å². The Balaban J connectivity index is 3.49. The van der Waals surface area contributed by atoms with Gasteiger partial charge >= 0.3 is 5.97 Å². The zero-order valence-electron chi connectivity index (χ0n) is 10.8. The third-order valence-electron chi connectivity index (χ3n) is 3.11. The number of aliphatic carboxylic acids is 1. The molecule has 0 aliphatic heterocycles. The van der Waals surface area contributed by atoms with E-state index in [-0.39, 0.29) is 12.2 Å². The molecule has 0 aromatic carbocycles. The van der Waals surface area contributed by atoms with E-state index < -0.39 is 5.97 Å². The molecule has 0 amide bonds. The second-order valence-electron chi connectivity index (χ2n) is 4.14. The van der Waals surface area contributed by atoms with E-state index in [9.17, 15) is 9.59 Å². The molecular weight excluding hydrogens is 218 g/mol. The summed E-state index contributed by atoms with van der Waals surface area (Å²) in [6, 6.07) is 0. The van der Waals surface area contributed by atoms with Gasteiger partial charge in [-0.2, -0.15) is 0 Å². The molecule has 0 radical (unpaired) electrons. The summed E-state index contributed by atoms with van der Waals surface area (Å²) in [6.07, 6.45) is 1.39. The van der Waals surface area contributed by atoms with Crippen molar-refractivity contribution >= 4 is 11.8 Å². The lowest BCUT2D eigenvalue weighted by Gasteiger charge is -2.05. The molecule has 0 saturated carbocycles. The van der Waals surface area contributed by atoms with Gasteiger partial charge < -0.3 is 9.67 Å². The number of nitrogens with zero attached hydrogens (tertiary/aromatic N) is 1. The molecule has 0 spiro atoms. The molecule has 0 bridgehead atoms.